The molecule has 0 heterocycles. The number of rotatable bonds is 7. The Morgan fingerprint density at radius 2 is 1.53 bits per heavy atom. The van der Waals surface area contributed by atoms with Crippen LogP contribution in [0.1, 0.15) is 46.5 Å². The summed E-state index contributed by atoms with van der Waals surface area (Å²) in [4.78, 5) is 2.19. The van der Waals surface area contributed by atoms with Crippen LogP contribution in [0.15, 0.2) is 0 Å². The molecule has 0 saturated carbocycles. The molecule has 0 aromatic carbocycles. The number of ether oxygens (including phenoxy) is 1. The van der Waals surface area contributed by atoms with Gasteiger partial charge in [0.25, 0.3) is 5.17 Å². The Bertz CT molecular complexity index is 148. The molecule has 0 atom stereocenters. The Morgan fingerprint density at radius 1 is 1.07 bits per heavy atom. The normalized spacial score (nSPS) is 9.27. The summed E-state index contributed by atoms with van der Waals surface area (Å²) in [5.41, 5.74) is 0. The van der Waals surface area contributed by atoms with Crippen molar-refractivity contribution in [3.05, 3.63) is 0 Å². The van der Waals surface area contributed by atoms with Gasteiger partial charge in [-0.25, -0.2) is 0 Å². The first kappa shape index (κ1) is 17.9. The second-order valence-electron chi connectivity index (χ2n) is 3.39. The van der Waals surface area contributed by atoms with Crippen molar-refractivity contribution in [2.45, 2.75) is 46.5 Å². The van der Waals surface area contributed by atoms with Gasteiger partial charge in [-0.15, -0.1) is 0 Å². The van der Waals surface area contributed by atoms with Crippen molar-refractivity contribution in [2.75, 3.05) is 19.7 Å². The van der Waals surface area contributed by atoms with Crippen LogP contribution in [-0.2, 0) is 4.74 Å². The zero-order valence-electron chi connectivity index (χ0n) is 10.4. The fourth-order valence-electron chi connectivity index (χ4n) is 1.21. The van der Waals surface area contributed by atoms with Gasteiger partial charge in [-0.05, 0) is 32.0 Å². The number of thiocarbonyl (C=S) groups is 1. The maximum absolute atomic E-state index is 5.36. The van der Waals surface area contributed by atoms with Gasteiger partial charge in [0.05, 0.1) is 6.61 Å². The summed E-state index contributed by atoms with van der Waals surface area (Å²) in [5, 5.41) is 0.675. The Labute approximate surface area is 117 Å². The van der Waals surface area contributed by atoms with E-state index >= 15 is 0 Å². The van der Waals surface area contributed by atoms with E-state index in [0.29, 0.717) is 11.8 Å². The van der Waals surface area contributed by atoms with Gasteiger partial charge in [0.2, 0.25) is 0 Å². The molecule has 0 N–H and O–H groups in total. The summed E-state index contributed by atoms with van der Waals surface area (Å²) in [5.74, 6) is 0. The van der Waals surface area contributed by atoms with E-state index < -0.39 is 0 Å². The van der Waals surface area contributed by atoms with Crippen LogP contribution in [0.2, 0.25) is 0 Å². The van der Waals surface area contributed by atoms with E-state index in [9.17, 15) is 0 Å². The molecule has 0 aliphatic rings. The van der Waals surface area contributed by atoms with Crippen LogP contribution in [-0.4, -0.2) is 54.2 Å². The first-order valence-electron chi connectivity index (χ1n) is 5.67. The number of hydrogen-bond acceptors (Lipinski definition) is 2. The van der Waals surface area contributed by atoms with Crippen molar-refractivity contribution in [2.24, 2.45) is 0 Å². The van der Waals surface area contributed by atoms with E-state index in [1.54, 1.807) is 0 Å². The minimum absolute atomic E-state index is 0. The topological polar surface area (TPSA) is 12.5 Å². The molecular formula is C11H26NOSSb. The molecule has 4 heteroatoms. The third kappa shape index (κ3) is 9.44. The van der Waals surface area contributed by atoms with Crippen LogP contribution in [0.4, 0.5) is 0 Å². The van der Waals surface area contributed by atoms with E-state index in [-0.39, 0.29) is 24.4 Å². The van der Waals surface area contributed by atoms with Gasteiger partial charge in [-0.1, -0.05) is 26.7 Å². The summed E-state index contributed by atoms with van der Waals surface area (Å²) in [6.07, 6.45) is 4.79. The van der Waals surface area contributed by atoms with Gasteiger partial charge in [0.15, 0.2) is 0 Å². The molecule has 0 aromatic rings. The van der Waals surface area contributed by atoms with Crippen molar-refractivity contribution in [3.8, 4) is 0 Å². The first-order chi connectivity index (χ1) is 6.76. The zero-order valence-corrected chi connectivity index (χ0v) is 15.3. The van der Waals surface area contributed by atoms with Crippen molar-refractivity contribution in [3.63, 3.8) is 0 Å². The summed E-state index contributed by atoms with van der Waals surface area (Å²) in [6, 6.07) is 0. The van der Waals surface area contributed by atoms with Crippen LogP contribution in [0, 0.1) is 0 Å². The van der Waals surface area contributed by atoms with Crippen LogP contribution >= 0.6 is 12.2 Å². The molecular weight excluding hydrogens is 316 g/mol. The average molecular weight is 342 g/mol. The third-order valence-corrected chi connectivity index (χ3v) is 2.47. The van der Waals surface area contributed by atoms with Crippen LogP contribution < -0.4 is 0 Å². The van der Waals surface area contributed by atoms with Gasteiger partial charge < -0.3 is 9.64 Å². The van der Waals surface area contributed by atoms with Crippen LogP contribution in [0.25, 0.3) is 0 Å². The minimum atomic E-state index is 0. The molecule has 0 aliphatic heterocycles. The fourth-order valence-corrected chi connectivity index (χ4v) is 1.51. The van der Waals surface area contributed by atoms with Gasteiger partial charge in [0, 0.05) is 13.1 Å². The second-order valence-corrected chi connectivity index (χ2v) is 3.74. The van der Waals surface area contributed by atoms with Gasteiger partial charge >= 0.3 is 24.4 Å². The number of nitrogens with zero attached hydrogens (tertiary/aromatic N) is 1. The maximum atomic E-state index is 5.36. The second kappa shape index (κ2) is 12.6. The average Bonchev–Trinajstić information content (AvgIpc) is 2.18. The Balaban J connectivity index is 0. The predicted molar refractivity (Wildman–Crippen MR) is 75.6 cm³/mol. The van der Waals surface area contributed by atoms with Gasteiger partial charge in [0.1, 0.15) is 0 Å². The van der Waals surface area contributed by atoms with Crippen LogP contribution in [0.5, 0.6) is 0 Å². The predicted octanol–water partition coefficient (Wildman–Crippen LogP) is 2.03. The summed E-state index contributed by atoms with van der Waals surface area (Å²) >= 11 is 5.21. The molecule has 0 aliphatic carbocycles. The molecule has 0 unspecified atom stereocenters. The Kier molecular flexibility index (Phi) is 15.0. The SMILES string of the molecule is CCCCN(CCCC)C(=S)OCC.[SbH3]. The summed E-state index contributed by atoms with van der Waals surface area (Å²) in [7, 11) is 0. The molecule has 0 saturated heterocycles. The van der Waals surface area contributed by atoms with Gasteiger partial charge in [-0.3, -0.25) is 0 Å². The number of unbranched alkanes of at least 4 members (excludes halogenated alkanes) is 2. The monoisotopic (exact) mass is 341 g/mol. The van der Waals surface area contributed by atoms with E-state index in [2.05, 4.69) is 18.7 Å². The third-order valence-electron chi connectivity index (χ3n) is 2.09. The van der Waals surface area contributed by atoms with E-state index in [1.165, 1.54) is 25.7 Å². The quantitative estimate of drug-likeness (QED) is 0.519. The molecule has 0 amide bonds. The van der Waals surface area contributed by atoms with E-state index in [4.69, 9.17) is 17.0 Å². The van der Waals surface area contributed by atoms with E-state index in [1.807, 2.05) is 6.92 Å². The number of hydrogen-bond donors (Lipinski definition) is 0. The Hall–Kier alpha value is 0.508. The molecule has 0 bridgehead atoms. The van der Waals surface area contributed by atoms with Crippen molar-refractivity contribution in [1.29, 1.82) is 0 Å². The molecule has 0 aromatic heterocycles. The Morgan fingerprint density at radius 3 is 1.87 bits per heavy atom. The first-order valence-corrected chi connectivity index (χ1v) is 6.08. The molecule has 0 fully saturated rings. The molecule has 15 heavy (non-hydrogen) atoms. The summed E-state index contributed by atoms with van der Waals surface area (Å²) in [6.45, 7) is 9.12. The molecule has 0 rings (SSSR count). The molecule has 2 nitrogen and oxygen atoms in total. The molecule has 0 spiro atoms. The zero-order chi connectivity index (χ0) is 10.8. The molecule has 92 valence electrons. The summed E-state index contributed by atoms with van der Waals surface area (Å²) < 4.78 is 5.36. The standard InChI is InChI=1S/C11H23NOS.Sb.3H/c1-4-7-9-12(10-8-5-2)11(14)13-6-3;;;;/h4-10H2,1-3H3;;;;. The van der Waals surface area contributed by atoms with Crippen molar-refractivity contribution < 1.29 is 4.74 Å². The van der Waals surface area contributed by atoms with Gasteiger partial charge in [-0.2, -0.15) is 0 Å². The van der Waals surface area contributed by atoms with Crippen LogP contribution in [0.3, 0.4) is 0 Å². The molecule has 0 radical (unpaired) electrons. The fraction of sp³-hybridized carbons (Fsp3) is 0.909. The van der Waals surface area contributed by atoms with Crippen molar-refractivity contribution in [1.82, 2.24) is 4.90 Å². The van der Waals surface area contributed by atoms with Crippen molar-refractivity contribution >= 4 is 41.8 Å². The van der Waals surface area contributed by atoms with E-state index in [0.717, 1.165) is 13.1 Å².